The van der Waals surface area contributed by atoms with Crippen LogP contribution in [0.25, 0.3) is 0 Å². The number of anilines is 1. The van der Waals surface area contributed by atoms with Crippen molar-refractivity contribution < 1.29 is 22.8 Å². The predicted octanol–water partition coefficient (Wildman–Crippen LogP) is 3.09. The normalized spacial score (nSPS) is 17.4. The second kappa shape index (κ2) is 7.15. The maximum atomic E-state index is 12.8. The van der Waals surface area contributed by atoms with Crippen LogP contribution in [0.4, 0.5) is 18.9 Å². The molecule has 1 saturated heterocycles. The van der Waals surface area contributed by atoms with Crippen LogP contribution >= 0.6 is 0 Å². The van der Waals surface area contributed by atoms with Crippen molar-refractivity contribution in [1.82, 2.24) is 9.88 Å². The molecule has 8 heteroatoms. The van der Waals surface area contributed by atoms with E-state index < -0.39 is 17.7 Å². The lowest BCUT2D eigenvalue weighted by Gasteiger charge is -2.17. The molecule has 0 radical (unpaired) electrons. The van der Waals surface area contributed by atoms with Crippen LogP contribution in [-0.4, -0.2) is 28.2 Å². The van der Waals surface area contributed by atoms with Gasteiger partial charge in [0.25, 0.3) is 0 Å². The molecule has 1 aliphatic heterocycles. The van der Waals surface area contributed by atoms with E-state index in [9.17, 15) is 22.8 Å². The van der Waals surface area contributed by atoms with E-state index in [-0.39, 0.29) is 31.3 Å². The van der Waals surface area contributed by atoms with Crippen molar-refractivity contribution in [1.29, 1.82) is 0 Å². The summed E-state index contributed by atoms with van der Waals surface area (Å²) in [6.45, 7) is 0.209. The quantitative estimate of drug-likeness (QED) is 0.908. The van der Waals surface area contributed by atoms with E-state index in [1.54, 1.807) is 18.3 Å². The zero-order valence-electron chi connectivity index (χ0n) is 13.7. The number of pyridine rings is 1. The molecule has 1 aromatic heterocycles. The molecule has 3 rings (SSSR count). The molecule has 1 N–H and O–H groups in total. The first-order valence-electron chi connectivity index (χ1n) is 7.98. The number of nitrogens with zero attached hydrogens (tertiary/aromatic N) is 2. The zero-order valence-corrected chi connectivity index (χ0v) is 13.7. The summed E-state index contributed by atoms with van der Waals surface area (Å²) in [6.07, 6.45) is -1.33. The number of hydrogen-bond donors (Lipinski definition) is 1. The predicted molar refractivity (Wildman–Crippen MR) is 87.8 cm³/mol. The average molecular weight is 363 g/mol. The molecule has 0 aliphatic carbocycles. The van der Waals surface area contributed by atoms with Gasteiger partial charge in [-0.2, -0.15) is 13.2 Å². The highest BCUT2D eigenvalue weighted by Gasteiger charge is 2.35. The van der Waals surface area contributed by atoms with Gasteiger partial charge in [-0.15, -0.1) is 0 Å². The first kappa shape index (κ1) is 17.9. The number of likely N-dealkylation sites (tertiary alicyclic amines) is 1. The standard InChI is InChI=1S/C18H16F3N3O2/c19-18(20,21)14-4-1-3-12(7-14)10-24-11-13(8-16(24)25)17(26)23-15-5-2-6-22-9-15/h1-7,9,13H,8,10-11H2,(H,23,26)/t13-/m1/s1. The summed E-state index contributed by atoms with van der Waals surface area (Å²) in [5.41, 5.74) is 0.148. The molecule has 0 unspecified atom stereocenters. The number of alkyl halides is 3. The van der Waals surface area contributed by atoms with Crippen molar-refractivity contribution in [2.75, 3.05) is 11.9 Å². The Morgan fingerprint density at radius 2 is 2.08 bits per heavy atom. The molecule has 136 valence electrons. The van der Waals surface area contributed by atoms with Gasteiger partial charge in [-0.25, -0.2) is 0 Å². The number of aromatic nitrogens is 1. The maximum absolute atomic E-state index is 12.8. The number of rotatable bonds is 4. The van der Waals surface area contributed by atoms with Gasteiger partial charge in [0.1, 0.15) is 0 Å². The molecule has 2 amide bonds. The molecular formula is C18H16F3N3O2. The number of hydrogen-bond acceptors (Lipinski definition) is 3. The Balaban J connectivity index is 1.64. The summed E-state index contributed by atoms with van der Waals surface area (Å²) in [5, 5.41) is 2.69. The number of benzene rings is 1. The number of halogens is 3. The minimum absolute atomic E-state index is 0.0328. The minimum atomic E-state index is -4.43. The van der Waals surface area contributed by atoms with Crippen molar-refractivity contribution >= 4 is 17.5 Å². The van der Waals surface area contributed by atoms with E-state index in [1.807, 2.05) is 0 Å². The fourth-order valence-corrected chi connectivity index (χ4v) is 2.85. The van der Waals surface area contributed by atoms with E-state index in [2.05, 4.69) is 10.3 Å². The van der Waals surface area contributed by atoms with Crippen LogP contribution in [0.3, 0.4) is 0 Å². The van der Waals surface area contributed by atoms with Crippen molar-refractivity contribution in [3.63, 3.8) is 0 Å². The van der Waals surface area contributed by atoms with E-state index in [0.717, 1.165) is 12.1 Å². The van der Waals surface area contributed by atoms with E-state index >= 15 is 0 Å². The van der Waals surface area contributed by atoms with E-state index in [4.69, 9.17) is 0 Å². The van der Waals surface area contributed by atoms with Crippen LogP contribution in [0, 0.1) is 5.92 Å². The fraction of sp³-hybridized carbons (Fsp3) is 0.278. The molecule has 1 fully saturated rings. The maximum Gasteiger partial charge on any atom is 0.416 e. The Morgan fingerprint density at radius 3 is 2.77 bits per heavy atom. The Kier molecular flexibility index (Phi) is 4.92. The molecule has 2 aromatic rings. The smallest absolute Gasteiger partial charge is 0.338 e. The van der Waals surface area contributed by atoms with E-state index in [1.165, 1.54) is 23.2 Å². The zero-order chi connectivity index (χ0) is 18.7. The van der Waals surface area contributed by atoms with Gasteiger partial charge < -0.3 is 10.2 Å². The van der Waals surface area contributed by atoms with Crippen molar-refractivity contribution in [2.45, 2.75) is 19.1 Å². The van der Waals surface area contributed by atoms with Crippen LogP contribution in [0.1, 0.15) is 17.5 Å². The highest BCUT2D eigenvalue weighted by Crippen LogP contribution is 2.30. The van der Waals surface area contributed by atoms with Crippen LogP contribution in [0.5, 0.6) is 0 Å². The summed E-state index contributed by atoms with van der Waals surface area (Å²) in [6, 6.07) is 8.21. The second-order valence-electron chi connectivity index (χ2n) is 6.10. The largest absolute Gasteiger partial charge is 0.416 e. The third-order valence-electron chi connectivity index (χ3n) is 4.14. The number of nitrogens with one attached hydrogen (secondary N) is 1. The monoisotopic (exact) mass is 363 g/mol. The van der Waals surface area contributed by atoms with Crippen molar-refractivity contribution in [3.8, 4) is 0 Å². The summed E-state index contributed by atoms with van der Waals surface area (Å²) in [7, 11) is 0. The van der Waals surface area contributed by atoms with Gasteiger partial charge in [-0.3, -0.25) is 14.6 Å². The highest BCUT2D eigenvalue weighted by atomic mass is 19.4. The molecule has 1 aliphatic rings. The molecule has 0 saturated carbocycles. The number of carbonyl (C=O) groups is 2. The topological polar surface area (TPSA) is 62.3 Å². The third kappa shape index (κ3) is 4.19. The van der Waals surface area contributed by atoms with E-state index in [0.29, 0.717) is 11.3 Å². The molecule has 0 spiro atoms. The molecule has 1 aromatic carbocycles. The van der Waals surface area contributed by atoms with Gasteiger partial charge in [0.05, 0.1) is 23.4 Å². The SMILES string of the molecule is O=C(Nc1cccnc1)[C@@H]1CC(=O)N(Cc2cccc(C(F)(F)F)c2)C1. The Labute approximate surface area is 147 Å². The summed E-state index contributed by atoms with van der Waals surface area (Å²) < 4.78 is 38.4. The molecule has 26 heavy (non-hydrogen) atoms. The van der Waals surface area contributed by atoms with Crippen LogP contribution < -0.4 is 5.32 Å². The molecular weight excluding hydrogens is 347 g/mol. The summed E-state index contributed by atoms with van der Waals surface area (Å²) >= 11 is 0. The highest BCUT2D eigenvalue weighted by molar-refractivity contribution is 5.97. The van der Waals surface area contributed by atoms with Gasteiger partial charge in [-0.05, 0) is 29.8 Å². The lowest BCUT2D eigenvalue weighted by Crippen LogP contribution is -2.28. The minimum Gasteiger partial charge on any atom is -0.338 e. The van der Waals surface area contributed by atoms with Crippen molar-refractivity contribution in [2.24, 2.45) is 5.92 Å². The average Bonchev–Trinajstić information content (AvgIpc) is 2.96. The van der Waals surface area contributed by atoms with Gasteiger partial charge in [0.15, 0.2) is 0 Å². The second-order valence-corrected chi connectivity index (χ2v) is 6.10. The first-order chi connectivity index (χ1) is 12.3. The van der Waals surface area contributed by atoms with Crippen molar-refractivity contribution in [3.05, 3.63) is 59.9 Å². The molecule has 0 bridgehead atoms. The lowest BCUT2D eigenvalue weighted by atomic mass is 10.1. The number of carbonyl (C=O) groups excluding carboxylic acids is 2. The molecule has 5 nitrogen and oxygen atoms in total. The van der Waals surface area contributed by atoms with Gasteiger partial charge in [-0.1, -0.05) is 12.1 Å². The Hall–Kier alpha value is -2.90. The Morgan fingerprint density at radius 1 is 1.27 bits per heavy atom. The van der Waals surface area contributed by atoms with Gasteiger partial charge in [0.2, 0.25) is 11.8 Å². The number of amides is 2. The molecule has 2 heterocycles. The Bertz CT molecular complexity index is 809. The third-order valence-corrected chi connectivity index (χ3v) is 4.14. The summed E-state index contributed by atoms with van der Waals surface area (Å²) in [5.74, 6) is -1.11. The van der Waals surface area contributed by atoms with Crippen LogP contribution in [0.2, 0.25) is 0 Å². The van der Waals surface area contributed by atoms with Crippen LogP contribution in [-0.2, 0) is 22.3 Å². The lowest BCUT2D eigenvalue weighted by molar-refractivity contribution is -0.137. The van der Waals surface area contributed by atoms with Gasteiger partial charge >= 0.3 is 6.18 Å². The first-order valence-corrected chi connectivity index (χ1v) is 7.98. The fourth-order valence-electron chi connectivity index (χ4n) is 2.85. The molecule has 1 atom stereocenters. The summed E-state index contributed by atoms with van der Waals surface area (Å²) in [4.78, 5) is 29.7. The van der Waals surface area contributed by atoms with Gasteiger partial charge in [0, 0.05) is 25.7 Å². The van der Waals surface area contributed by atoms with Crippen LogP contribution in [0.15, 0.2) is 48.8 Å².